The first kappa shape index (κ1) is 24.2. The van der Waals surface area contributed by atoms with E-state index in [-0.39, 0.29) is 17.0 Å². The molecule has 8 heteroatoms. The van der Waals surface area contributed by atoms with Gasteiger partial charge in [0.2, 0.25) is 0 Å². The van der Waals surface area contributed by atoms with Crippen molar-refractivity contribution in [2.75, 3.05) is 18.0 Å². The van der Waals surface area contributed by atoms with E-state index in [0.29, 0.717) is 27.9 Å². The number of rotatable bonds is 7. The lowest BCUT2D eigenvalue weighted by Gasteiger charge is -2.27. The number of carbonyl (C=O) groups excluding carboxylic acids is 1. The highest BCUT2D eigenvalue weighted by Gasteiger charge is 2.33. The standard InChI is InChI=1S/C26H28N4O2S2/c1-3-4-14-29-23(28-12-8-9-13-28)20(18(2)21(16-27)24(29)31)15-22-25(32)30(26(33)34-22)17-19-10-6-5-7-11-19/h5-7,10-11,15H,3-4,8-9,12-14,17H2,1-2H3/b22-15-. The molecule has 0 unspecified atom stereocenters. The average molecular weight is 493 g/mol. The topological polar surface area (TPSA) is 69.3 Å². The van der Waals surface area contributed by atoms with Crippen molar-refractivity contribution in [2.24, 2.45) is 0 Å². The summed E-state index contributed by atoms with van der Waals surface area (Å²) in [6, 6.07) is 11.9. The molecule has 0 saturated carbocycles. The fourth-order valence-corrected chi connectivity index (χ4v) is 5.71. The predicted molar refractivity (Wildman–Crippen MR) is 142 cm³/mol. The first-order valence-electron chi connectivity index (χ1n) is 11.7. The number of thiocarbonyl (C=S) groups is 1. The van der Waals surface area contributed by atoms with Crippen molar-refractivity contribution in [3.05, 3.63) is 67.8 Å². The minimum absolute atomic E-state index is 0.143. The summed E-state index contributed by atoms with van der Waals surface area (Å²) >= 11 is 6.82. The molecule has 0 spiro atoms. The maximum absolute atomic E-state index is 13.3. The van der Waals surface area contributed by atoms with Crippen LogP contribution in [0.1, 0.15) is 54.9 Å². The number of aromatic nitrogens is 1. The fraction of sp³-hybridized carbons (Fsp3) is 0.385. The second-order valence-corrected chi connectivity index (χ2v) is 10.3. The molecule has 4 rings (SSSR count). The summed E-state index contributed by atoms with van der Waals surface area (Å²) in [4.78, 5) is 31.0. The molecule has 2 fully saturated rings. The van der Waals surface area contributed by atoms with E-state index < -0.39 is 0 Å². The minimum atomic E-state index is -0.246. The van der Waals surface area contributed by atoms with Crippen LogP contribution in [0, 0.1) is 18.3 Å². The van der Waals surface area contributed by atoms with Crippen molar-refractivity contribution in [3.8, 4) is 6.07 Å². The van der Waals surface area contributed by atoms with Crippen molar-refractivity contribution in [1.82, 2.24) is 9.47 Å². The van der Waals surface area contributed by atoms with Gasteiger partial charge in [0, 0.05) is 25.2 Å². The van der Waals surface area contributed by atoms with E-state index in [1.54, 1.807) is 16.4 Å². The van der Waals surface area contributed by atoms with Crippen molar-refractivity contribution in [2.45, 2.75) is 52.6 Å². The van der Waals surface area contributed by atoms with Crippen LogP contribution in [0.15, 0.2) is 40.0 Å². The number of anilines is 1. The summed E-state index contributed by atoms with van der Waals surface area (Å²) in [6.07, 6.45) is 5.73. The molecule has 0 N–H and O–H groups in total. The summed E-state index contributed by atoms with van der Waals surface area (Å²) < 4.78 is 2.26. The summed E-state index contributed by atoms with van der Waals surface area (Å²) in [5.41, 5.74) is 2.30. The van der Waals surface area contributed by atoms with Crippen LogP contribution in [-0.4, -0.2) is 32.8 Å². The van der Waals surface area contributed by atoms with Gasteiger partial charge < -0.3 is 4.90 Å². The first-order valence-corrected chi connectivity index (χ1v) is 12.9. The molecule has 0 atom stereocenters. The van der Waals surface area contributed by atoms with E-state index >= 15 is 0 Å². The average Bonchev–Trinajstić information content (AvgIpc) is 3.45. The molecule has 1 aromatic carbocycles. The van der Waals surface area contributed by atoms with Gasteiger partial charge in [0.15, 0.2) is 0 Å². The number of pyridine rings is 1. The fourth-order valence-electron chi connectivity index (χ4n) is 4.47. The Hall–Kier alpha value is -2.89. The third-order valence-corrected chi connectivity index (χ3v) is 7.70. The quantitative estimate of drug-likeness (QED) is 0.407. The Morgan fingerprint density at radius 3 is 2.53 bits per heavy atom. The van der Waals surface area contributed by atoms with E-state index in [9.17, 15) is 14.9 Å². The first-order chi connectivity index (χ1) is 16.5. The number of hydrogen-bond acceptors (Lipinski definition) is 6. The molecule has 176 valence electrons. The third kappa shape index (κ3) is 4.68. The molecule has 2 aliphatic rings. The van der Waals surface area contributed by atoms with E-state index in [2.05, 4.69) is 17.9 Å². The van der Waals surface area contributed by atoms with Gasteiger partial charge in [-0.1, -0.05) is 67.7 Å². The number of thioether (sulfide) groups is 1. The number of hydrogen-bond donors (Lipinski definition) is 0. The normalized spacial score (nSPS) is 17.1. The molecule has 0 bridgehead atoms. The Balaban J connectivity index is 1.81. The lowest BCUT2D eigenvalue weighted by molar-refractivity contribution is -0.122. The number of nitrogens with zero attached hydrogens (tertiary/aromatic N) is 4. The highest BCUT2D eigenvalue weighted by molar-refractivity contribution is 8.26. The van der Waals surface area contributed by atoms with Crippen LogP contribution in [0.4, 0.5) is 5.82 Å². The zero-order chi connectivity index (χ0) is 24.2. The van der Waals surface area contributed by atoms with Crippen molar-refractivity contribution in [3.63, 3.8) is 0 Å². The zero-order valence-corrected chi connectivity index (χ0v) is 21.2. The van der Waals surface area contributed by atoms with E-state index in [1.165, 1.54) is 11.8 Å². The Bertz CT molecular complexity index is 1240. The largest absolute Gasteiger partial charge is 0.357 e. The Morgan fingerprint density at radius 1 is 1.18 bits per heavy atom. The second kappa shape index (κ2) is 10.6. The van der Waals surface area contributed by atoms with Crippen molar-refractivity contribution >= 4 is 46.1 Å². The van der Waals surface area contributed by atoms with Crippen molar-refractivity contribution in [1.29, 1.82) is 5.26 Å². The molecule has 6 nitrogen and oxygen atoms in total. The minimum Gasteiger partial charge on any atom is -0.357 e. The number of nitriles is 1. The maximum Gasteiger partial charge on any atom is 0.270 e. The van der Waals surface area contributed by atoms with Gasteiger partial charge in [0.25, 0.3) is 11.5 Å². The van der Waals surface area contributed by atoms with Crippen LogP contribution < -0.4 is 10.5 Å². The van der Waals surface area contributed by atoms with Crippen LogP contribution in [-0.2, 0) is 17.9 Å². The van der Waals surface area contributed by atoms with Crippen molar-refractivity contribution < 1.29 is 4.79 Å². The highest BCUT2D eigenvalue weighted by Crippen LogP contribution is 2.37. The molecule has 2 saturated heterocycles. The molecule has 2 aliphatic heterocycles. The van der Waals surface area contributed by atoms with Crippen LogP contribution in [0.2, 0.25) is 0 Å². The molecule has 0 aliphatic carbocycles. The zero-order valence-electron chi connectivity index (χ0n) is 19.5. The van der Waals surface area contributed by atoms with E-state index in [1.807, 2.05) is 36.4 Å². The Kier molecular flexibility index (Phi) is 7.54. The smallest absolute Gasteiger partial charge is 0.270 e. The van der Waals surface area contributed by atoms with Gasteiger partial charge in [-0.3, -0.25) is 19.1 Å². The molecule has 34 heavy (non-hydrogen) atoms. The molecule has 1 aromatic heterocycles. The van der Waals surface area contributed by atoms with Gasteiger partial charge >= 0.3 is 0 Å². The van der Waals surface area contributed by atoms with Crippen LogP contribution in [0.5, 0.6) is 0 Å². The third-order valence-electron chi connectivity index (χ3n) is 6.32. The molecular formula is C26H28N4O2S2. The molecule has 3 heterocycles. The van der Waals surface area contributed by atoms with Gasteiger partial charge in [-0.2, -0.15) is 5.26 Å². The maximum atomic E-state index is 13.3. The van der Waals surface area contributed by atoms with E-state index in [4.69, 9.17) is 12.2 Å². The molecular weight excluding hydrogens is 464 g/mol. The van der Waals surface area contributed by atoms with Gasteiger partial charge in [-0.25, -0.2) is 0 Å². The molecule has 1 amide bonds. The Morgan fingerprint density at radius 2 is 1.88 bits per heavy atom. The SMILES string of the molecule is CCCCn1c(N2CCCC2)c(/C=C2\SC(=S)N(Cc3ccccc3)C2=O)c(C)c(C#N)c1=O. The summed E-state index contributed by atoms with van der Waals surface area (Å²) in [7, 11) is 0. The van der Waals surface area contributed by atoms with Gasteiger partial charge in [0.05, 0.1) is 11.4 Å². The van der Waals surface area contributed by atoms with E-state index in [0.717, 1.165) is 55.7 Å². The monoisotopic (exact) mass is 492 g/mol. The van der Waals surface area contributed by atoms with Crippen LogP contribution >= 0.6 is 24.0 Å². The molecule has 2 aromatic rings. The number of benzene rings is 1. The Labute approximate surface area is 209 Å². The number of carbonyl (C=O) groups is 1. The lowest BCUT2D eigenvalue weighted by atomic mass is 10.0. The van der Waals surface area contributed by atoms with Crippen LogP contribution in [0.25, 0.3) is 6.08 Å². The van der Waals surface area contributed by atoms with Gasteiger partial charge in [-0.05, 0) is 43.4 Å². The molecule has 0 radical (unpaired) electrons. The summed E-state index contributed by atoms with van der Waals surface area (Å²) in [5, 5.41) is 9.79. The van der Waals surface area contributed by atoms with Gasteiger partial charge in [-0.15, -0.1) is 0 Å². The van der Waals surface area contributed by atoms with Crippen LogP contribution in [0.3, 0.4) is 0 Å². The number of unbranched alkanes of at least 4 members (excludes halogenated alkanes) is 1. The second-order valence-electron chi connectivity index (χ2n) is 8.61. The summed E-state index contributed by atoms with van der Waals surface area (Å²) in [5.74, 6) is 0.677. The number of amides is 1. The lowest BCUT2D eigenvalue weighted by Crippen LogP contribution is -2.33. The predicted octanol–water partition coefficient (Wildman–Crippen LogP) is 4.83. The highest BCUT2D eigenvalue weighted by atomic mass is 32.2. The van der Waals surface area contributed by atoms with Gasteiger partial charge in [0.1, 0.15) is 21.8 Å². The summed E-state index contributed by atoms with van der Waals surface area (Å²) in [6.45, 7) is 6.56.